The smallest absolute Gasteiger partial charge is 0.138 e. The van der Waals surface area contributed by atoms with Gasteiger partial charge < -0.3 is 4.74 Å². The summed E-state index contributed by atoms with van der Waals surface area (Å²) < 4.78 is 5.64. The van der Waals surface area contributed by atoms with E-state index in [9.17, 15) is 0 Å². The molecule has 1 fully saturated rings. The van der Waals surface area contributed by atoms with Gasteiger partial charge in [-0.1, -0.05) is 6.92 Å². The zero-order chi connectivity index (χ0) is 9.26. The molecule has 0 saturated heterocycles. The van der Waals surface area contributed by atoms with Crippen molar-refractivity contribution in [1.29, 1.82) is 0 Å². The van der Waals surface area contributed by atoms with Crippen molar-refractivity contribution in [2.45, 2.75) is 39.2 Å². The highest BCUT2D eigenvalue weighted by Gasteiger charge is 2.23. The molecule has 0 spiro atoms. The van der Waals surface area contributed by atoms with Crippen molar-refractivity contribution in [3.8, 4) is 5.75 Å². The zero-order valence-corrected chi connectivity index (χ0v) is 8.21. The topological polar surface area (TPSA) is 22.1 Å². The van der Waals surface area contributed by atoms with Crippen molar-refractivity contribution in [2.75, 3.05) is 0 Å². The third kappa shape index (κ3) is 2.00. The first kappa shape index (κ1) is 8.54. The molecule has 1 saturated carbocycles. The molecule has 1 aliphatic carbocycles. The van der Waals surface area contributed by atoms with Crippen molar-refractivity contribution < 1.29 is 4.74 Å². The number of aromatic nitrogens is 1. The molecule has 13 heavy (non-hydrogen) atoms. The van der Waals surface area contributed by atoms with Crippen LogP contribution in [0.3, 0.4) is 0 Å². The lowest BCUT2D eigenvalue weighted by atomic mass is 10.2. The molecular weight excluding hydrogens is 162 g/mol. The van der Waals surface area contributed by atoms with Crippen LogP contribution in [0.5, 0.6) is 5.75 Å². The molecular formula is C11H15NO. The minimum atomic E-state index is 0.466. The summed E-state index contributed by atoms with van der Waals surface area (Å²) in [6, 6.07) is 2.09. The van der Waals surface area contributed by atoms with Crippen LogP contribution >= 0.6 is 0 Å². The van der Waals surface area contributed by atoms with Gasteiger partial charge in [-0.25, -0.2) is 0 Å². The first-order valence-corrected chi connectivity index (χ1v) is 4.91. The predicted molar refractivity (Wildman–Crippen MR) is 52.0 cm³/mol. The molecule has 0 unspecified atom stereocenters. The van der Waals surface area contributed by atoms with E-state index in [2.05, 4.69) is 24.9 Å². The predicted octanol–water partition coefficient (Wildman–Crippen LogP) is 2.49. The fourth-order valence-electron chi connectivity index (χ4n) is 1.39. The Balaban J connectivity index is 2.13. The maximum Gasteiger partial charge on any atom is 0.138 e. The summed E-state index contributed by atoms with van der Waals surface area (Å²) >= 11 is 0. The van der Waals surface area contributed by atoms with Crippen molar-refractivity contribution in [2.24, 2.45) is 0 Å². The van der Waals surface area contributed by atoms with Gasteiger partial charge in [0.2, 0.25) is 0 Å². The maximum atomic E-state index is 5.64. The number of aryl methyl sites for hydroxylation is 2. The molecule has 0 aromatic carbocycles. The Hall–Kier alpha value is -1.05. The third-order valence-electron chi connectivity index (χ3n) is 2.32. The van der Waals surface area contributed by atoms with Gasteiger partial charge >= 0.3 is 0 Å². The lowest BCUT2D eigenvalue weighted by Gasteiger charge is -2.06. The molecule has 1 aliphatic rings. The second-order valence-corrected chi connectivity index (χ2v) is 3.61. The Labute approximate surface area is 78.9 Å². The number of ether oxygens (including phenoxy) is 1. The average Bonchev–Trinajstić information content (AvgIpc) is 2.89. The molecule has 1 aromatic heterocycles. The van der Waals surface area contributed by atoms with E-state index < -0.39 is 0 Å². The second kappa shape index (κ2) is 3.36. The van der Waals surface area contributed by atoms with Crippen molar-refractivity contribution in [3.63, 3.8) is 0 Å². The van der Waals surface area contributed by atoms with Crippen LogP contribution in [0.2, 0.25) is 0 Å². The van der Waals surface area contributed by atoms with Crippen LogP contribution in [-0.2, 0) is 6.42 Å². The van der Waals surface area contributed by atoms with Crippen LogP contribution in [0.1, 0.15) is 31.0 Å². The van der Waals surface area contributed by atoms with Gasteiger partial charge in [-0.15, -0.1) is 0 Å². The second-order valence-electron chi connectivity index (χ2n) is 3.61. The van der Waals surface area contributed by atoms with Gasteiger partial charge in [0.05, 0.1) is 12.3 Å². The van der Waals surface area contributed by atoms with E-state index in [0.29, 0.717) is 6.10 Å². The Bertz CT molecular complexity index is 305. The third-order valence-corrected chi connectivity index (χ3v) is 2.32. The molecule has 0 atom stereocenters. The van der Waals surface area contributed by atoms with Gasteiger partial charge in [-0.3, -0.25) is 4.98 Å². The standard InChI is InChI=1S/C11H15NO/c1-3-11-8(2)6-10(7-12-11)13-9-4-5-9/h6-7,9H,3-5H2,1-2H3. The summed E-state index contributed by atoms with van der Waals surface area (Å²) in [6.07, 6.45) is 5.71. The van der Waals surface area contributed by atoms with Crippen LogP contribution < -0.4 is 4.74 Å². The minimum absolute atomic E-state index is 0.466. The Kier molecular flexibility index (Phi) is 2.21. The largest absolute Gasteiger partial charge is 0.489 e. The molecule has 2 nitrogen and oxygen atoms in total. The highest BCUT2D eigenvalue weighted by Crippen LogP contribution is 2.27. The summed E-state index contributed by atoms with van der Waals surface area (Å²) in [5, 5.41) is 0. The van der Waals surface area contributed by atoms with Gasteiger partial charge in [-0.05, 0) is 37.8 Å². The van der Waals surface area contributed by atoms with E-state index in [0.717, 1.165) is 12.2 Å². The van der Waals surface area contributed by atoms with Crippen molar-refractivity contribution >= 4 is 0 Å². The highest BCUT2D eigenvalue weighted by atomic mass is 16.5. The number of pyridine rings is 1. The monoisotopic (exact) mass is 177 g/mol. The molecule has 0 N–H and O–H groups in total. The molecule has 2 heteroatoms. The summed E-state index contributed by atoms with van der Waals surface area (Å²) in [4.78, 5) is 4.35. The molecule has 1 aromatic rings. The summed E-state index contributed by atoms with van der Waals surface area (Å²) in [6.45, 7) is 4.21. The van der Waals surface area contributed by atoms with Crippen molar-refractivity contribution in [1.82, 2.24) is 4.98 Å². The van der Waals surface area contributed by atoms with E-state index in [1.807, 2.05) is 6.20 Å². The number of nitrogens with zero attached hydrogens (tertiary/aromatic N) is 1. The molecule has 1 heterocycles. The van der Waals surface area contributed by atoms with Crippen molar-refractivity contribution in [3.05, 3.63) is 23.5 Å². The maximum absolute atomic E-state index is 5.64. The minimum Gasteiger partial charge on any atom is -0.489 e. The molecule has 70 valence electrons. The van der Waals surface area contributed by atoms with E-state index in [4.69, 9.17) is 4.74 Å². The summed E-state index contributed by atoms with van der Waals surface area (Å²) in [5.41, 5.74) is 2.41. The average molecular weight is 177 g/mol. The van der Waals surface area contributed by atoms with Crippen LogP contribution in [0, 0.1) is 6.92 Å². The lowest BCUT2D eigenvalue weighted by Crippen LogP contribution is -1.99. The number of hydrogen-bond acceptors (Lipinski definition) is 2. The van der Waals surface area contributed by atoms with Gasteiger partial charge in [0, 0.05) is 5.69 Å². The first-order chi connectivity index (χ1) is 6.29. The summed E-state index contributed by atoms with van der Waals surface area (Å²) in [5.74, 6) is 0.928. The lowest BCUT2D eigenvalue weighted by molar-refractivity contribution is 0.301. The highest BCUT2D eigenvalue weighted by molar-refractivity contribution is 5.28. The Morgan fingerprint density at radius 1 is 1.54 bits per heavy atom. The zero-order valence-electron chi connectivity index (χ0n) is 8.21. The Morgan fingerprint density at radius 2 is 2.31 bits per heavy atom. The van der Waals surface area contributed by atoms with Crippen LogP contribution in [0.25, 0.3) is 0 Å². The first-order valence-electron chi connectivity index (χ1n) is 4.91. The molecule has 0 amide bonds. The van der Waals surface area contributed by atoms with Crippen LogP contribution in [-0.4, -0.2) is 11.1 Å². The molecule has 2 rings (SSSR count). The van der Waals surface area contributed by atoms with Crippen LogP contribution in [0.15, 0.2) is 12.3 Å². The number of hydrogen-bond donors (Lipinski definition) is 0. The summed E-state index contributed by atoms with van der Waals surface area (Å²) in [7, 11) is 0. The van der Waals surface area contributed by atoms with Gasteiger partial charge in [0.1, 0.15) is 5.75 Å². The molecule has 0 radical (unpaired) electrons. The van der Waals surface area contributed by atoms with Gasteiger partial charge in [-0.2, -0.15) is 0 Å². The fraction of sp³-hybridized carbons (Fsp3) is 0.545. The van der Waals surface area contributed by atoms with Gasteiger partial charge in [0.15, 0.2) is 0 Å². The molecule has 0 aliphatic heterocycles. The SMILES string of the molecule is CCc1ncc(OC2CC2)cc1C. The molecule has 0 bridgehead atoms. The van der Waals surface area contributed by atoms with E-state index in [-0.39, 0.29) is 0 Å². The Morgan fingerprint density at radius 3 is 2.85 bits per heavy atom. The van der Waals surface area contributed by atoms with Crippen LogP contribution in [0.4, 0.5) is 0 Å². The van der Waals surface area contributed by atoms with E-state index in [1.165, 1.54) is 24.1 Å². The quantitative estimate of drug-likeness (QED) is 0.707. The number of rotatable bonds is 3. The normalized spacial score (nSPS) is 15.8. The van der Waals surface area contributed by atoms with Gasteiger partial charge in [0.25, 0.3) is 0 Å². The fourth-order valence-corrected chi connectivity index (χ4v) is 1.39. The van der Waals surface area contributed by atoms with E-state index >= 15 is 0 Å². The van der Waals surface area contributed by atoms with E-state index in [1.54, 1.807) is 0 Å².